The van der Waals surface area contributed by atoms with Gasteiger partial charge in [0.2, 0.25) is 10.0 Å². The zero-order valence-corrected chi connectivity index (χ0v) is 16.1. The van der Waals surface area contributed by atoms with E-state index in [1.54, 1.807) is 42.5 Å². The normalized spacial score (nSPS) is 13.2. The lowest BCUT2D eigenvalue weighted by atomic mass is 10.1. The van der Waals surface area contributed by atoms with Crippen molar-refractivity contribution in [1.29, 1.82) is 0 Å². The smallest absolute Gasteiger partial charge is 0.241 e. The predicted molar refractivity (Wildman–Crippen MR) is 99.3 cm³/mol. The SMILES string of the molecule is Cc1ccc(S(=O)(=O)N[C@H](CN(C)C)c2ccc(Cl)c(Cl)c2)cc1. The summed E-state index contributed by atoms with van der Waals surface area (Å²) in [6.07, 6.45) is 0. The van der Waals surface area contributed by atoms with E-state index in [2.05, 4.69) is 4.72 Å². The molecule has 0 fully saturated rings. The summed E-state index contributed by atoms with van der Waals surface area (Å²) >= 11 is 12.0. The first-order valence-electron chi connectivity index (χ1n) is 7.38. The summed E-state index contributed by atoms with van der Waals surface area (Å²) in [5.74, 6) is 0. The van der Waals surface area contributed by atoms with Crippen LogP contribution in [0, 0.1) is 6.92 Å². The van der Waals surface area contributed by atoms with Gasteiger partial charge in [-0.2, -0.15) is 0 Å². The van der Waals surface area contributed by atoms with Gasteiger partial charge in [-0.05, 0) is 50.8 Å². The third-order valence-corrected chi connectivity index (χ3v) is 5.75. The first-order valence-corrected chi connectivity index (χ1v) is 9.61. The van der Waals surface area contributed by atoms with E-state index in [-0.39, 0.29) is 4.90 Å². The molecular formula is C17H20Cl2N2O2S. The second-order valence-corrected chi connectivity index (χ2v) is 8.45. The quantitative estimate of drug-likeness (QED) is 0.818. The van der Waals surface area contributed by atoms with Crippen molar-refractivity contribution in [2.75, 3.05) is 20.6 Å². The van der Waals surface area contributed by atoms with Crippen molar-refractivity contribution in [2.45, 2.75) is 17.9 Å². The number of nitrogens with one attached hydrogen (secondary N) is 1. The van der Waals surface area contributed by atoms with E-state index < -0.39 is 16.1 Å². The van der Waals surface area contributed by atoms with Gasteiger partial charge in [0.25, 0.3) is 0 Å². The fourth-order valence-electron chi connectivity index (χ4n) is 2.28. The number of nitrogens with zero attached hydrogens (tertiary/aromatic N) is 1. The van der Waals surface area contributed by atoms with Crippen LogP contribution in [-0.4, -0.2) is 34.0 Å². The molecule has 0 aliphatic carbocycles. The average molecular weight is 387 g/mol. The lowest BCUT2D eigenvalue weighted by Crippen LogP contribution is -2.35. The highest BCUT2D eigenvalue weighted by Crippen LogP contribution is 2.27. The molecule has 0 aliphatic heterocycles. The number of hydrogen-bond donors (Lipinski definition) is 1. The highest BCUT2D eigenvalue weighted by Gasteiger charge is 2.22. The van der Waals surface area contributed by atoms with E-state index in [1.807, 2.05) is 25.9 Å². The molecule has 130 valence electrons. The number of hydrogen-bond acceptors (Lipinski definition) is 3. The molecule has 0 unspecified atom stereocenters. The molecular weight excluding hydrogens is 367 g/mol. The minimum absolute atomic E-state index is 0.233. The topological polar surface area (TPSA) is 49.4 Å². The van der Waals surface area contributed by atoms with Crippen LogP contribution in [0.25, 0.3) is 0 Å². The van der Waals surface area contributed by atoms with E-state index in [9.17, 15) is 8.42 Å². The van der Waals surface area contributed by atoms with Gasteiger partial charge in [0.15, 0.2) is 0 Å². The molecule has 2 aromatic carbocycles. The van der Waals surface area contributed by atoms with Crippen molar-refractivity contribution >= 4 is 33.2 Å². The predicted octanol–water partition coefficient (Wildman–Crippen LogP) is 3.88. The third-order valence-electron chi connectivity index (χ3n) is 3.52. The molecule has 1 N–H and O–H groups in total. The summed E-state index contributed by atoms with van der Waals surface area (Å²) in [5, 5.41) is 0.831. The highest BCUT2D eigenvalue weighted by atomic mass is 35.5. The van der Waals surface area contributed by atoms with Crippen LogP contribution in [0.4, 0.5) is 0 Å². The minimum atomic E-state index is -3.65. The standard InChI is InChI=1S/C17H20Cl2N2O2S/c1-12-4-7-14(8-5-12)24(22,23)20-17(11-21(2)3)13-6-9-15(18)16(19)10-13/h4-10,17,20H,11H2,1-3H3/t17-/m1/s1. The summed E-state index contributed by atoms with van der Waals surface area (Å²) in [6.45, 7) is 2.40. The Hall–Kier alpha value is -1.11. The van der Waals surface area contributed by atoms with Gasteiger partial charge in [0, 0.05) is 6.54 Å². The molecule has 0 radical (unpaired) electrons. The van der Waals surface area contributed by atoms with Gasteiger partial charge in [-0.1, -0.05) is 47.0 Å². The number of rotatable bonds is 6. The minimum Gasteiger partial charge on any atom is -0.307 e. The number of benzene rings is 2. The molecule has 4 nitrogen and oxygen atoms in total. The van der Waals surface area contributed by atoms with Crippen LogP contribution in [-0.2, 0) is 10.0 Å². The van der Waals surface area contributed by atoms with Crippen LogP contribution in [0.5, 0.6) is 0 Å². The highest BCUT2D eigenvalue weighted by molar-refractivity contribution is 7.89. The maximum atomic E-state index is 12.7. The van der Waals surface area contributed by atoms with Crippen LogP contribution in [0.3, 0.4) is 0 Å². The largest absolute Gasteiger partial charge is 0.307 e. The first kappa shape index (κ1) is 19.2. The Kier molecular flexibility index (Phi) is 6.28. The van der Waals surface area contributed by atoms with Crippen molar-refractivity contribution in [2.24, 2.45) is 0 Å². The van der Waals surface area contributed by atoms with Crippen LogP contribution >= 0.6 is 23.2 Å². The molecule has 2 aromatic rings. The summed E-state index contributed by atoms with van der Waals surface area (Å²) in [4.78, 5) is 2.14. The molecule has 0 saturated carbocycles. The number of sulfonamides is 1. The summed E-state index contributed by atoms with van der Waals surface area (Å²) < 4.78 is 28.1. The molecule has 0 bridgehead atoms. The molecule has 1 atom stereocenters. The molecule has 0 saturated heterocycles. The van der Waals surface area contributed by atoms with Crippen LogP contribution in [0.1, 0.15) is 17.2 Å². The second kappa shape index (κ2) is 7.85. The van der Waals surface area contributed by atoms with Crippen molar-refractivity contribution in [3.8, 4) is 0 Å². The summed E-state index contributed by atoms with van der Waals surface area (Å²) in [7, 11) is 0.114. The van der Waals surface area contributed by atoms with Gasteiger partial charge >= 0.3 is 0 Å². The van der Waals surface area contributed by atoms with Gasteiger partial charge < -0.3 is 4.90 Å². The van der Waals surface area contributed by atoms with Crippen molar-refractivity contribution < 1.29 is 8.42 Å². The molecule has 0 aliphatic rings. The Balaban J connectivity index is 2.34. The van der Waals surface area contributed by atoms with E-state index in [1.165, 1.54) is 0 Å². The zero-order valence-electron chi connectivity index (χ0n) is 13.8. The van der Waals surface area contributed by atoms with Gasteiger partial charge in [0.1, 0.15) is 0 Å². The van der Waals surface area contributed by atoms with Crippen molar-refractivity contribution in [1.82, 2.24) is 9.62 Å². The lowest BCUT2D eigenvalue weighted by molar-refractivity contribution is 0.363. The van der Waals surface area contributed by atoms with Crippen LogP contribution in [0.15, 0.2) is 47.4 Å². The van der Waals surface area contributed by atoms with Crippen LogP contribution < -0.4 is 4.72 Å². The van der Waals surface area contributed by atoms with E-state index >= 15 is 0 Å². The lowest BCUT2D eigenvalue weighted by Gasteiger charge is -2.23. The molecule has 0 amide bonds. The van der Waals surface area contributed by atoms with Gasteiger partial charge in [-0.3, -0.25) is 0 Å². The molecule has 7 heteroatoms. The molecule has 0 spiro atoms. The Bertz CT molecular complexity index is 806. The number of halogens is 2. The second-order valence-electron chi connectivity index (χ2n) is 5.92. The Labute approximate surface area is 153 Å². The number of aryl methyl sites for hydroxylation is 1. The summed E-state index contributed by atoms with van der Waals surface area (Å²) in [6, 6.07) is 11.4. The summed E-state index contributed by atoms with van der Waals surface area (Å²) in [5.41, 5.74) is 1.76. The average Bonchev–Trinajstić information content (AvgIpc) is 2.49. The fraction of sp³-hybridized carbons (Fsp3) is 0.294. The maximum absolute atomic E-state index is 12.7. The monoisotopic (exact) mass is 386 g/mol. The first-order chi connectivity index (χ1) is 11.2. The van der Waals surface area contributed by atoms with Crippen molar-refractivity contribution in [3.05, 3.63) is 63.6 Å². The molecule has 24 heavy (non-hydrogen) atoms. The zero-order chi connectivity index (χ0) is 17.9. The van der Waals surface area contributed by atoms with Crippen molar-refractivity contribution in [3.63, 3.8) is 0 Å². The molecule has 0 heterocycles. The van der Waals surface area contributed by atoms with Gasteiger partial charge in [-0.25, -0.2) is 13.1 Å². The number of likely N-dealkylation sites (N-methyl/N-ethyl adjacent to an activating group) is 1. The fourth-order valence-corrected chi connectivity index (χ4v) is 3.80. The Morgan fingerprint density at radius 1 is 1.04 bits per heavy atom. The molecule has 2 rings (SSSR count). The molecule has 0 aromatic heterocycles. The Morgan fingerprint density at radius 3 is 2.21 bits per heavy atom. The van der Waals surface area contributed by atoms with E-state index in [0.29, 0.717) is 16.6 Å². The Morgan fingerprint density at radius 2 is 1.67 bits per heavy atom. The van der Waals surface area contributed by atoms with Gasteiger partial charge in [0.05, 0.1) is 21.0 Å². The van der Waals surface area contributed by atoms with E-state index in [0.717, 1.165) is 11.1 Å². The third kappa shape index (κ3) is 4.94. The van der Waals surface area contributed by atoms with Crippen LogP contribution in [0.2, 0.25) is 10.0 Å². The van der Waals surface area contributed by atoms with E-state index in [4.69, 9.17) is 23.2 Å². The van der Waals surface area contributed by atoms with Gasteiger partial charge in [-0.15, -0.1) is 0 Å². The maximum Gasteiger partial charge on any atom is 0.241 e.